The van der Waals surface area contributed by atoms with Gasteiger partial charge in [0.15, 0.2) is 0 Å². The lowest BCUT2D eigenvalue weighted by Gasteiger charge is -2.22. The zero-order valence-electron chi connectivity index (χ0n) is 9.20. The molecule has 0 spiro atoms. The second-order valence-electron chi connectivity index (χ2n) is 4.31. The Hall–Kier alpha value is -0.530. The fraction of sp³-hybridized carbons (Fsp3) is 0.538. The van der Waals surface area contributed by atoms with Crippen LogP contribution < -0.4 is 0 Å². The van der Waals surface area contributed by atoms with Gasteiger partial charge in [-0.15, -0.1) is 11.6 Å². The monoisotopic (exact) mass is 223 g/mol. The van der Waals surface area contributed by atoms with Gasteiger partial charge in [-0.25, -0.2) is 0 Å². The van der Waals surface area contributed by atoms with E-state index in [0.29, 0.717) is 11.4 Å². The molecular weight excluding hydrogens is 206 g/mol. The smallest absolute Gasteiger partial charge is 0.0478 e. The summed E-state index contributed by atoms with van der Waals surface area (Å²) < 4.78 is 0. The molecule has 2 heteroatoms. The van der Waals surface area contributed by atoms with Gasteiger partial charge in [0.1, 0.15) is 0 Å². The number of rotatable bonds is 3. The van der Waals surface area contributed by atoms with Gasteiger partial charge < -0.3 is 0 Å². The van der Waals surface area contributed by atoms with Crippen LogP contribution in [0.4, 0.5) is 0 Å². The standard InChI is InChI=1S/C13H18ClN/c1-2-13-8-12(14)10-15(13)9-11-6-4-3-5-7-11/h3-7,12-13H,2,8-10H2,1H3/t12-,13+/m0/s1. The van der Waals surface area contributed by atoms with Crippen molar-refractivity contribution in [1.82, 2.24) is 4.90 Å². The minimum absolute atomic E-state index is 0.346. The van der Waals surface area contributed by atoms with Crippen LogP contribution in [0, 0.1) is 0 Å². The van der Waals surface area contributed by atoms with Gasteiger partial charge in [-0.1, -0.05) is 37.3 Å². The van der Waals surface area contributed by atoms with Gasteiger partial charge in [0.25, 0.3) is 0 Å². The molecule has 1 aliphatic heterocycles. The molecule has 1 aliphatic rings. The maximum atomic E-state index is 6.20. The first kappa shape index (κ1) is 11.0. The molecule has 0 amide bonds. The normalized spacial score (nSPS) is 27.1. The molecule has 15 heavy (non-hydrogen) atoms. The summed E-state index contributed by atoms with van der Waals surface area (Å²) in [4.78, 5) is 2.51. The van der Waals surface area contributed by atoms with Gasteiger partial charge in [0, 0.05) is 24.5 Å². The first-order chi connectivity index (χ1) is 7.29. The predicted octanol–water partition coefficient (Wildman–Crippen LogP) is 3.28. The van der Waals surface area contributed by atoms with E-state index in [1.807, 2.05) is 0 Å². The van der Waals surface area contributed by atoms with Crippen molar-refractivity contribution >= 4 is 11.6 Å². The van der Waals surface area contributed by atoms with E-state index in [9.17, 15) is 0 Å². The van der Waals surface area contributed by atoms with Crippen LogP contribution in [0.2, 0.25) is 0 Å². The lowest BCUT2D eigenvalue weighted by atomic mass is 10.1. The molecule has 0 unspecified atom stereocenters. The Balaban J connectivity index is 2.00. The van der Waals surface area contributed by atoms with Gasteiger partial charge in [0.2, 0.25) is 0 Å². The summed E-state index contributed by atoms with van der Waals surface area (Å²) in [6, 6.07) is 11.3. The quantitative estimate of drug-likeness (QED) is 0.711. The van der Waals surface area contributed by atoms with Crippen LogP contribution in [0.3, 0.4) is 0 Å². The molecule has 1 saturated heterocycles. The lowest BCUT2D eigenvalue weighted by molar-refractivity contribution is 0.240. The van der Waals surface area contributed by atoms with E-state index >= 15 is 0 Å². The Morgan fingerprint density at radius 1 is 1.33 bits per heavy atom. The molecule has 1 fully saturated rings. The SMILES string of the molecule is CC[C@@H]1C[C@H](Cl)CN1Cc1ccccc1. The van der Waals surface area contributed by atoms with E-state index in [1.54, 1.807) is 0 Å². The highest BCUT2D eigenvalue weighted by molar-refractivity contribution is 6.21. The zero-order valence-corrected chi connectivity index (χ0v) is 9.95. The van der Waals surface area contributed by atoms with Gasteiger partial charge in [-0.3, -0.25) is 4.90 Å². The Bertz CT molecular complexity index is 299. The van der Waals surface area contributed by atoms with E-state index in [1.165, 1.54) is 12.0 Å². The maximum absolute atomic E-state index is 6.20. The fourth-order valence-corrected chi connectivity index (χ4v) is 2.74. The number of nitrogens with zero attached hydrogens (tertiary/aromatic N) is 1. The number of benzene rings is 1. The van der Waals surface area contributed by atoms with E-state index in [2.05, 4.69) is 42.2 Å². The second kappa shape index (κ2) is 5.00. The highest BCUT2D eigenvalue weighted by atomic mass is 35.5. The van der Waals surface area contributed by atoms with Crippen molar-refractivity contribution in [2.24, 2.45) is 0 Å². The van der Waals surface area contributed by atoms with Gasteiger partial charge in [-0.05, 0) is 18.4 Å². The minimum atomic E-state index is 0.346. The summed E-state index contributed by atoms with van der Waals surface area (Å²) in [5.74, 6) is 0. The molecule has 1 nitrogen and oxygen atoms in total. The summed E-state index contributed by atoms with van der Waals surface area (Å²) >= 11 is 6.20. The second-order valence-corrected chi connectivity index (χ2v) is 4.93. The van der Waals surface area contributed by atoms with Crippen LogP contribution in [0.25, 0.3) is 0 Å². The lowest BCUT2D eigenvalue weighted by Crippen LogP contribution is -2.28. The van der Waals surface area contributed by atoms with E-state index < -0.39 is 0 Å². The fourth-order valence-electron chi connectivity index (χ4n) is 2.36. The Morgan fingerprint density at radius 3 is 2.73 bits per heavy atom. The molecule has 2 atom stereocenters. The Labute approximate surface area is 97.0 Å². The average molecular weight is 224 g/mol. The molecule has 0 bridgehead atoms. The molecule has 1 aromatic carbocycles. The van der Waals surface area contributed by atoms with Crippen LogP contribution in [-0.4, -0.2) is 22.9 Å². The summed E-state index contributed by atoms with van der Waals surface area (Å²) in [5.41, 5.74) is 1.39. The highest BCUT2D eigenvalue weighted by Crippen LogP contribution is 2.25. The number of likely N-dealkylation sites (tertiary alicyclic amines) is 1. The summed E-state index contributed by atoms with van der Waals surface area (Å²) in [6.07, 6.45) is 2.35. The van der Waals surface area contributed by atoms with Crippen molar-refractivity contribution in [2.75, 3.05) is 6.54 Å². The molecule has 0 radical (unpaired) electrons. The Morgan fingerprint density at radius 2 is 2.07 bits per heavy atom. The van der Waals surface area contributed by atoms with Gasteiger partial charge in [-0.2, -0.15) is 0 Å². The molecule has 2 rings (SSSR count). The number of alkyl halides is 1. The highest BCUT2D eigenvalue weighted by Gasteiger charge is 2.29. The molecule has 1 aromatic rings. The molecule has 0 saturated carbocycles. The first-order valence-corrected chi connectivity index (χ1v) is 6.15. The molecule has 0 N–H and O–H groups in total. The summed E-state index contributed by atoms with van der Waals surface area (Å²) in [5, 5.41) is 0.346. The minimum Gasteiger partial charge on any atom is -0.295 e. The summed E-state index contributed by atoms with van der Waals surface area (Å²) in [6.45, 7) is 4.33. The van der Waals surface area contributed by atoms with E-state index in [0.717, 1.165) is 19.5 Å². The maximum Gasteiger partial charge on any atom is 0.0478 e. The van der Waals surface area contributed by atoms with Crippen LogP contribution >= 0.6 is 11.6 Å². The van der Waals surface area contributed by atoms with Gasteiger partial charge >= 0.3 is 0 Å². The molecule has 1 heterocycles. The third-order valence-electron chi connectivity index (χ3n) is 3.18. The van der Waals surface area contributed by atoms with Crippen LogP contribution in [-0.2, 0) is 6.54 Å². The zero-order chi connectivity index (χ0) is 10.7. The molecule has 0 aliphatic carbocycles. The van der Waals surface area contributed by atoms with Gasteiger partial charge in [0.05, 0.1) is 0 Å². The average Bonchev–Trinajstić information content (AvgIpc) is 2.60. The van der Waals surface area contributed by atoms with Crippen molar-refractivity contribution in [3.8, 4) is 0 Å². The summed E-state index contributed by atoms with van der Waals surface area (Å²) in [7, 11) is 0. The van der Waals surface area contributed by atoms with Crippen molar-refractivity contribution in [3.05, 3.63) is 35.9 Å². The first-order valence-electron chi connectivity index (χ1n) is 5.71. The number of halogens is 1. The van der Waals surface area contributed by atoms with E-state index in [-0.39, 0.29) is 0 Å². The Kier molecular flexibility index (Phi) is 3.66. The van der Waals surface area contributed by atoms with Crippen LogP contribution in [0.5, 0.6) is 0 Å². The third-order valence-corrected chi connectivity index (χ3v) is 3.49. The van der Waals surface area contributed by atoms with Crippen molar-refractivity contribution in [2.45, 2.75) is 37.7 Å². The number of hydrogen-bond acceptors (Lipinski definition) is 1. The largest absolute Gasteiger partial charge is 0.295 e. The van der Waals surface area contributed by atoms with Crippen molar-refractivity contribution < 1.29 is 0 Å². The predicted molar refractivity (Wildman–Crippen MR) is 65.2 cm³/mol. The third kappa shape index (κ3) is 2.73. The molecular formula is C13H18ClN. The molecule has 82 valence electrons. The van der Waals surface area contributed by atoms with Crippen LogP contribution in [0.1, 0.15) is 25.3 Å². The van der Waals surface area contributed by atoms with Crippen LogP contribution in [0.15, 0.2) is 30.3 Å². The van der Waals surface area contributed by atoms with Crippen molar-refractivity contribution in [3.63, 3.8) is 0 Å². The van der Waals surface area contributed by atoms with E-state index in [4.69, 9.17) is 11.6 Å². The van der Waals surface area contributed by atoms with Crippen molar-refractivity contribution in [1.29, 1.82) is 0 Å². The topological polar surface area (TPSA) is 3.24 Å². The number of hydrogen-bond donors (Lipinski definition) is 0. The molecule has 0 aromatic heterocycles.